The first-order chi connectivity index (χ1) is 31.9. The smallest absolute Gasteiger partial charge is 0.872 e. The van der Waals surface area contributed by atoms with Crippen LogP contribution in [0.3, 0.4) is 0 Å². The number of nitrogens with zero attached hydrogens (tertiary/aromatic N) is 1. The minimum absolute atomic E-state index is 0. The van der Waals surface area contributed by atoms with Crippen LogP contribution in [0.2, 0.25) is 0 Å². The zero-order chi connectivity index (χ0) is 52.4. The van der Waals surface area contributed by atoms with E-state index in [9.17, 15) is 94.3 Å². The van der Waals surface area contributed by atoms with Gasteiger partial charge in [0.25, 0.3) is 0 Å². The SMILES string of the molecule is Cc1cc(CN(Cc2cc(C)cc(-c3cc(C(F)(F)F)cc(C(F)(F)F)c3)c2[O-])Cc2cc(C)cc(-c3cc(C(F)(F)F)cc(C(F)(F)F)c3)c2[O-])c([O-])c(-c2cc(C(F)(F)F)cc(C(F)(F)F)c2)c1.[Fe+4].[OH3+]. The van der Waals surface area contributed by atoms with Gasteiger partial charge >= 0.3 is 54.1 Å². The molecule has 0 saturated heterocycles. The van der Waals surface area contributed by atoms with Gasteiger partial charge in [-0.2, -0.15) is 79.0 Å². The molecule has 6 rings (SSSR count). The van der Waals surface area contributed by atoms with Gasteiger partial charge in [-0.25, -0.2) is 0 Å². The Morgan fingerprint density at radius 1 is 0.319 bits per heavy atom. The molecule has 72 heavy (non-hydrogen) atoms. The molecule has 0 fully saturated rings. The van der Waals surface area contributed by atoms with Gasteiger partial charge in [-0.3, -0.25) is 4.90 Å². The molecule has 0 unspecified atom stereocenters. The van der Waals surface area contributed by atoms with Gasteiger partial charge in [0, 0.05) is 19.6 Å². The minimum Gasteiger partial charge on any atom is -0.872 e. The van der Waals surface area contributed by atoms with Crippen molar-refractivity contribution in [1.29, 1.82) is 0 Å². The van der Waals surface area contributed by atoms with Crippen LogP contribution in [-0.4, -0.2) is 4.90 Å². The standard InChI is InChI=1S/C48H33F18NO3.Fe.H2O/c1-22-4-28(40(68)37(7-22)25-10-31(43(49,50)51)16-32(11-25)44(52,53)54)19-67(20-29-5-23(2)8-38(41(29)69)26-12-33(45(55,56)57)17-34(13-26)46(58,59)60)21-30-6-24(3)9-39(42(30)70)27-14-35(47(61,62)63)18-36(15-27)48(64,65)66;;/h4-18,68-70H,19-21H2,1-3H3;;1H2/q;+4;/p-2. The molecule has 0 amide bonds. The summed E-state index contributed by atoms with van der Waals surface area (Å²) in [5.74, 6) is -3.60. The van der Waals surface area contributed by atoms with Gasteiger partial charge < -0.3 is 20.8 Å². The van der Waals surface area contributed by atoms with Crippen LogP contribution in [-0.2, 0) is 79.2 Å². The van der Waals surface area contributed by atoms with E-state index >= 15 is 0 Å². The van der Waals surface area contributed by atoms with Crippen molar-refractivity contribution in [2.24, 2.45) is 0 Å². The minimum atomic E-state index is -5.35. The summed E-state index contributed by atoms with van der Waals surface area (Å²) in [7, 11) is 0. The zero-order valence-electron chi connectivity index (χ0n) is 36.7. The average molecular weight is 1090 g/mol. The first-order valence-corrected chi connectivity index (χ1v) is 19.9. The van der Waals surface area contributed by atoms with Crippen LogP contribution in [0.15, 0.2) is 91.0 Å². The monoisotopic (exact) mass is 1090 g/mol. The molecule has 0 aliphatic carbocycles. The summed E-state index contributed by atoms with van der Waals surface area (Å²) in [5, 5.41) is 42.5. The quantitative estimate of drug-likeness (QED) is 0.0817. The fourth-order valence-corrected chi connectivity index (χ4v) is 7.76. The number of benzene rings is 6. The van der Waals surface area contributed by atoms with Gasteiger partial charge in [0.15, 0.2) is 0 Å². The normalized spacial score (nSPS) is 12.8. The summed E-state index contributed by atoms with van der Waals surface area (Å²) in [4.78, 5) is 1.06. The first-order valence-electron chi connectivity index (χ1n) is 19.9. The third-order valence-electron chi connectivity index (χ3n) is 10.8. The molecule has 24 heteroatoms. The second-order valence-electron chi connectivity index (χ2n) is 16.4. The van der Waals surface area contributed by atoms with Crippen molar-refractivity contribution in [1.82, 2.24) is 4.90 Å². The van der Waals surface area contributed by atoms with E-state index < -0.39 is 157 Å². The molecule has 0 atom stereocenters. The Morgan fingerprint density at radius 2 is 0.500 bits per heavy atom. The summed E-state index contributed by atoms with van der Waals surface area (Å²) in [6.45, 7) is 1.47. The topological polar surface area (TPSA) is 105 Å². The predicted octanol–water partition coefficient (Wildman–Crippen LogP) is 13.2. The maximum absolute atomic E-state index is 14.2. The van der Waals surface area contributed by atoms with E-state index in [-0.39, 0.29) is 93.8 Å². The van der Waals surface area contributed by atoms with Gasteiger partial charge in [0.2, 0.25) is 0 Å². The fraction of sp³-hybridized carbons (Fsp3) is 0.250. The first kappa shape index (κ1) is 58.5. The molecule has 0 aromatic heterocycles. The van der Waals surface area contributed by atoms with Crippen molar-refractivity contribution in [2.75, 3.05) is 0 Å². The second-order valence-corrected chi connectivity index (χ2v) is 16.4. The Labute approximate surface area is 406 Å². The molecule has 0 radical (unpaired) electrons. The zero-order valence-corrected chi connectivity index (χ0v) is 37.8. The molecule has 0 saturated carbocycles. The average Bonchev–Trinajstić information content (AvgIpc) is 3.21. The Morgan fingerprint density at radius 3 is 0.667 bits per heavy atom. The van der Waals surface area contributed by atoms with E-state index in [0.717, 1.165) is 41.3 Å². The van der Waals surface area contributed by atoms with Crippen molar-refractivity contribution in [3.05, 3.63) is 158 Å². The van der Waals surface area contributed by atoms with Gasteiger partial charge in [0.1, 0.15) is 0 Å². The number of hydrogen-bond donors (Lipinski definition) is 0. The van der Waals surface area contributed by atoms with Crippen LogP contribution in [0.5, 0.6) is 17.2 Å². The van der Waals surface area contributed by atoms with Gasteiger partial charge in [0.05, 0.1) is 33.4 Å². The number of aryl methyl sites for hydroxylation is 3. The molecule has 5 nitrogen and oxygen atoms in total. The molecule has 0 bridgehead atoms. The Balaban J connectivity index is 0.00000562. The second kappa shape index (κ2) is 20.4. The van der Waals surface area contributed by atoms with Crippen molar-refractivity contribution in [2.45, 2.75) is 77.5 Å². The van der Waals surface area contributed by atoms with Crippen LogP contribution >= 0.6 is 0 Å². The van der Waals surface area contributed by atoms with Crippen molar-refractivity contribution >= 4 is 0 Å². The molecule has 386 valence electrons. The van der Waals surface area contributed by atoms with Crippen molar-refractivity contribution < 1.29 is 117 Å². The predicted molar refractivity (Wildman–Crippen MR) is 216 cm³/mol. The number of halogens is 18. The Kier molecular flexibility index (Phi) is 16.6. The molecule has 6 aromatic rings. The summed E-state index contributed by atoms with van der Waals surface area (Å²) in [5.41, 5.74) is -16.5. The molecule has 0 heterocycles. The Bertz CT molecular complexity index is 2560. The summed E-state index contributed by atoms with van der Waals surface area (Å²) >= 11 is 0. The number of hydrogen-bond acceptors (Lipinski definition) is 4. The maximum atomic E-state index is 14.2. The molecular formula is C48H33F18FeNO4+2. The third kappa shape index (κ3) is 13.3. The molecule has 3 N–H and O–H groups in total. The van der Waals surface area contributed by atoms with E-state index in [2.05, 4.69) is 0 Å². The summed E-state index contributed by atoms with van der Waals surface area (Å²) < 4.78 is 250. The van der Waals surface area contributed by atoms with E-state index in [1.165, 1.54) is 20.8 Å². The molecule has 0 aliphatic rings. The maximum Gasteiger partial charge on any atom is 4.00 e. The van der Waals surface area contributed by atoms with Crippen LogP contribution in [0.25, 0.3) is 33.4 Å². The van der Waals surface area contributed by atoms with E-state index in [0.29, 0.717) is 0 Å². The molecule has 0 aliphatic heterocycles. The number of rotatable bonds is 9. The molecular weight excluding hydrogens is 1050 g/mol. The van der Waals surface area contributed by atoms with Crippen LogP contribution < -0.4 is 15.3 Å². The van der Waals surface area contributed by atoms with Crippen LogP contribution in [0, 0.1) is 20.8 Å². The largest absolute Gasteiger partial charge is 4.00 e. The van der Waals surface area contributed by atoms with Crippen molar-refractivity contribution in [3.8, 4) is 50.6 Å². The van der Waals surface area contributed by atoms with Gasteiger partial charge in [-0.05, 0) is 125 Å². The molecule has 0 spiro atoms. The third-order valence-corrected chi connectivity index (χ3v) is 10.8. The van der Waals surface area contributed by atoms with Gasteiger partial charge in [-0.15, -0.1) is 0 Å². The van der Waals surface area contributed by atoms with E-state index in [1.54, 1.807) is 0 Å². The van der Waals surface area contributed by atoms with Gasteiger partial charge in [-0.1, -0.05) is 70.3 Å². The Hall–Kier alpha value is -6.10. The fourth-order valence-electron chi connectivity index (χ4n) is 7.76. The van der Waals surface area contributed by atoms with Crippen LogP contribution in [0.4, 0.5) is 79.0 Å². The van der Waals surface area contributed by atoms with Crippen molar-refractivity contribution in [3.63, 3.8) is 0 Å². The molecule has 6 aromatic carbocycles. The summed E-state index contributed by atoms with van der Waals surface area (Å²) in [6, 6.07) is 7.36. The van der Waals surface area contributed by atoms with E-state index in [4.69, 9.17) is 0 Å². The van der Waals surface area contributed by atoms with E-state index in [1.807, 2.05) is 0 Å². The number of alkyl halides is 18. The van der Waals surface area contributed by atoms with Crippen LogP contribution in [0.1, 0.15) is 66.8 Å². The summed E-state index contributed by atoms with van der Waals surface area (Å²) in [6.07, 6.45) is -32.1.